The molecule has 0 spiro atoms. The molecule has 0 saturated carbocycles. The van der Waals surface area contributed by atoms with Crippen LogP contribution in [0.2, 0.25) is 5.02 Å². The first-order chi connectivity index (χ1) is 33.5. The molecule has 1 unspecified atom stereocenters. The van der Waals surface area contributed by atoms with E-state index < -0.39 is 44.8 Å². The monoisotopic (exact) mass is 1000 g/mol. The topological polar surface area (TPSA) is 243 Å². The second-order valence-electron chi connectivity index (χ2n) is 17.5. The molecule has 0 radical (unpaired) electrons. The van der Waals surface area contributed by atoms with Gasteiger partial charge in [0.2, 0.25) is 23.7 Å². The SMILES string of the molecule is Cc1cc(Nc2ncc(Cl)c(Nc3ccccc3S(=O)(=O)C(C)C)n2)c(OC(C)C)cc1N1CCN(CCOCCOCCNC(=O)CNc2cccc3c2C(=O)N(C2CCC(=O)NC2=O)C3=O)CC1. The fraction of sp³-hybridized carbons (Fsp3) is 0.438. The quantitative estimate of drug-likeness (QED) is 0.0530. The Bertz CT molecular complexity index is 2720. The van der Waals surface area contributed by atoms with Crippen molar-refractivity contribution in [1.29, 1.82) is 0 Å². The van der Waals surface area contributed by atoms with Gasteiger partial charge in [-0.25, -0.2) is 13.4 Å². The Balaban J connectivity index is 0.809. The number of piperidine rings is 1. The van der Waals surface area contributed by atoms with Crippen molar-refractivity contribution in [3.63, 3.8) is 0 Å². The number of nitrogens with zero attached hydrogens (tertiary/aromatic N) is 5. The molecule has 2 saturated heterocycles. The summed E-state index contributed by atoms with van der Waals surface area (Å²) in [7, 11) is -3.59. The number of carbonyl (C=O) groups is 5. The number of nitrogens with one attached hydrogen (secondary N) is 5. The maximum absolute atomic E-state index is 13.3. The summed E-state index contributed by atoms with van der Waals surface area (Å²) < 4.78 is 43.9. The normalized spacial score (nSPS) is 16.4. The third kappa shape index (κ3) is 12.3. The van der Waals surface area contributed by atoms with Gasteiger partial charge in [-0.2, -0.15) is 4.98 Å². The molecular weight excluding hydrogens is 944 g/mol. The van der Waals surface area contributed by atoms with Crippen LogP contribution in [0.15, 0.2) is 65.7 Å². The van der Waals surface area contributed by atoms with E-state index in [9.17, 15) is 32.4 Å². The molecule has 3 aliphatic rings. The van der Waals surface area contributed by atoms with E-state index in [0.717, 1.165) is 48.9 Å². The summed E-state index contributed by atoms with van der Waals surface area (Å²) in [5.74, 6) is -1.66. The van der Waals surface area contributed by atoms with Crippen molar-refractivity contribution in [2.75, 3.05) is 93.1 Å². The van der Waals surface area contributed by atoms with E-state index in [2.05, 4.69) is 46.4 Å². The first-order valence-electron chi connectivity index (χ1n) is 23.2. The van der Waals surface area contributed by atoms with Gasteiger partial charge in [-0.15, -0.1) is 0 Å². The molecule has 1 atom stereocenters. The highest BCUT2D eigenvalue weighted by molar-refractivity contribution is 7.92. The summed E-state index contributed by atoms with van der Waals surface area (Å²) in [6, 6.07) is 14.2. The maximum atomic E-state index is 13.3. The van der Waals surface area contributed by atoms with E-state index in [1.807, 2.05) is 32.9 Å². The number of ether oxygens (including phenoxy) is 3. The molecular formula is C48H59ClN10O10S. The Morgan fingerprint density at radius 3 is 2.34 bits per heavy atom. The molecule has 22 heteroatoms. The molecule has 4 heterocycles. The summed E-state index contributed by atoms with van der Waals surface area (Å²) >= 11 is 6.50. The molecule has 5 amide bonds. The lowest BCUT2D eigenvalue weighted by Crippen LogP contribution is -2.54. The fourth-order valence-corrected chi connectivity index (χ4v) is 9.53. The predicted molar refractivity (Wildman–Crippen MR) is 264 cm³/mol. The van der Waals surface area contributed by atoms with Crippen LogP contribution >= 0.6 is 11.6 Å². The average molecular weight is 1000 g/mol. The summed E-state index contributed by atoms with van der Waals surface area (Å²) in [5.41, 5.74) is 3.59. The average Bonchev–Trinajstić information content (AvgIpc) is 3.58. The molecule has 5 N–H and O–H groups in total. The predicted octanol–water partition coefficient (Wildman–Crippen LogP) is 4.68. The van der Waals surface area contributed by atoms with Crippen LogP contribution in [-0.2, 0) is 33.7 Å². The first-order valence-corrected chi connectivity index (χ1v) is 25.1. The van der Waals surface area contributed by atoms with Gasteiger partial charge in [0, 0.05) is 63.1 Å². The largest absolute Gasteiger partial charge is 0.489 e. The summed E-state index contributed by atoms with van der Waals surface area (Å²) in [6.07, 6.45) is 1.40. The van der Waals surface area contributed by atoms with Gasteiger partial charge in [-0.3, -0.25) is 39.1 Å². The van der Waals surface area contributed by atoms with Gasteiger partial charge in [0.1, 0.15) is 16.8 Å². The van der Waals surface area contributed by atoms with E-state index in [-0.39, 0.29) is 83.0 Å². The van der Waals surface area contributed by atoms with Gasteiger partial charge in [-0.05, 0) is 76.9 Å². The molecule has 4 aromatic rings. The zero-order valence-electron chi connectivity index (χ0n) is 39.8. The van der Waals surface area contributed by atoms with Gasteiger partial charge in [0.25, 0.3) is 11.8 Å². The third-order valence-corrected chi connectivity index (χ3v) is 14.3. The lowest BCUT2D eigenvalue weighted by molar-refractivity contribution is -0.136. The number of sulfone groups is 1. The van der Waals surface area contributed by atoms with Crippen LogP contribution in [0, 0.1) is 6.92 Å². The highest BCUT2D eigenvalue weighted by Crippen LogP contribution is 2.37. The van der Waals surface area contributed by atoms with Gasteiger partial charge in [0.05, 0.1) is 77.9 Å². The van der Waals surface area contributed by atoms with Crippen molar-refractivity contribution in [1.82, 2.24) is 30.4 Å². The number of amides is 5. The number of rotatable bonds is 22. The Morgan fingerprint density at radius 1 is 0.886 bits per heavy atom. The lowest BCUT2D eigenvalue weighted by Gasteiger charge is -2.37. The molecule has 0 aliphatic carbocycles. The van der Waals surface area contributed by atoms with Crippen molar-refractivity contribution >= 4 is 85.5 Å². The van der Waals surface area contributed by atoms with Crippen molar-refractivity contribution in [3.05, 3.63) is 82.5 Å². The van der Waals surface area contributed by atoms with E-state index in [0.29, 0.717) is 36.9 Å². The zero-order chi connectivity index (χ0) is 50.1. The third-order valence-electron chi connectivity index (χ3n) is 11.8. The van der Waals surface area contributed by atoms with Crippen LogP contribution in [0.25, 0.3) is 0 Å². The van der Waals surface area contributed by atoms with Crippen molar-refractivity contribution < 1.29 is 46.6 Å². The number of anilines is 6. The Hall–Kier alpha value is -6.39. The summed E-state index contributed by atoms with van der Waals surface area (Å²) in [4.78, 5) is 77.7. The standard InChI is InChI=1S/C48H59ClN10O10S/c1-29(2)69-39-26-38(31(5)25-36(39)54-48-52-27-33(49)44(56-48)53-34-10-6-7-12-40(34)70(65,66)30(3)4)58-18-16-57(17-19-58)20-22-68-24-23-67-21-15-50-42(61)28-51-35-11-8-9-32-43(35)47(64)59(46(32)63)37-13-14-41(60)55-45(37)62/h6-12,25-27,29-30,37,51H,13-24,28H2,1-5H3,(H,50,61)(H,55,60,62)(H2,52,53,54,56). The Morgan fingerprint density at radius 2 is 1.61 bits per heavy atom. The fourth-order valence-electron chi connectivity index (χ4n) is 8.19. The Labute approximate surface area is 412 Å². The molecule has 0 bridgehead atoms. The minimum atomic E-state index is -3.59. The Kier molecular flexibility index (Phi) is 16.9. The number of benzene rings is 3. The number of piperazine rings is 1. The number of fused-ring (bicyclic) bond motifs is 1. The molecule has 1 aromatic heterocycles. The number of carbonyl (C=O) groups excluding carboxylic acids is 5. The minimum absolute atomic E-state index is 0.0186. The number of imide groups is 2. The summed E-state index contributed by atoms with van der Waals surface area (Å²) in [6.45, 7) is 14.9. The second kappa shape index (κ2) is 23.0. The zero-order valence-corrected chi connectivity index (χ0v) is 41.4. The van der Waals surface area contributed by atoms with Gasteiger partial charge >= 0.3 is 0 Å². The van der Waals surface area contributed by atoms with Crippen molar-refractivity contribution in [2.24, 2.45) is 0 Å². The number of hydrogen-bond acceptors (Lipinski definition) is 17. The second-order valence-corrected chi connectivity index (χ2v) is 20.3. The number of aromatic nitrogens is 2. The molecule has 2 fully saturated rings. The van der Waals surface area contributed by atoms with Gasteiger partial charge in [0.15, 0.2) is 15.7 Å². The lowest BCUT2D eigenvalue weighted by atomic mass is 10.0. The van der Waals surface area contributed by atoms with E-state index >= 15 is 0 Å². The van der Waals surface area contributed by atoms with Crippen LogP contribution in [0.1, 0.15) is 66.8 Å². The first kappa shape index (κ1) is 51.5. The molecule has 70 heavy (non-hydrogen) atoms. The number of aryl methyl sites for hydroxylation is 1. The number of para-hydroxylation sites is 1. The molecule has 7 rings (SSSR count). The highest BCUT2D eigenvalue weighted by Gasteiger charge is 2.45. The van der Waals surface area contributed by atoms with Crippen LogP contribution < -0.4 is 36.2 Å². The van der Waals surface area contributed by atoms with Crippen LogP contribution in [0.4, 0.5) is 34.5 Å². The van der Waals surface area contributed by atoms with E-state index in [1.165, 1.54) is 12.3 Å². The smallest absolute Gasteiger partial charge is 0.264 e. The summed E-state index contributed by atoms with van der Waals surface area (Å²) in [5, 5.41) is 13.8. The molecule has 20 nitrogen and oxygen atoms in total. The highest BCUT2D eigenvalue weighted by atomic mass is 35.5. The molecule has 3 aromatic carbocycles. The van der Waals surface area contributed by atoms with Gasteiger partial charge in [-0.1, -0.05) is 29.8 Å². The molecule has 3 aliphatic heterocycles. The van der Waals surface area contributed by atoms with E-state index in [4.69, 9.17) is 25.8 Å². The van der Waals surface area contributed by atoms with E-state index in [1.54, 1.807) is 50.2 Å². The molecule has 374 valence electrons. The maximum Gasteiger partial charge on any atom is 0.264 e. The van der Waals surface area contributed by atoms with Crippen molar-refractivity contribution in [3.8, 4) is 5.75 Å². The van der Waals surface area contributed by atoms with Crippen LogP contribution in [0.5, 0.6) is 5.75 Å². The van der Waals surface area contributed by atoms with Crippen molar-refractivity contribution in [2.45, 2.75) is 69.8 Å². The van der Waals surface area contributed by atoms with Gasteiger partial charge < -0.3 is 40.4 Å². The minimum Gasteiger partial charge on any atom is -0.489 e. The number of hydrogen-bond donors (Lipinski definition) is 5. The van der Waals surface area contributed by atoms with Crippen LogP contribution in [-0.4, -0.2) is 147 Å². The van der Waals surface area contributed by atoms with Crippen LogP contribution in [0.3, 0.4) is 0 Å². The number of halogens is 1.